The minimum Gasteiger partial charge on any atom is -0.303 e. The number of hydrogen-bond acceptors (Lipinski definition) is 2. The Hall–Kier alpha value is -0.370. The molecule has 1 aliphatic rings. The van der Waals surface area contributed by atoms with Crippen LogP contribution in [0.25, 0.3) is 0 Å². The maximum atomic E-state index is 10.7. The average molecular weight is 210 g/mol. The first-order valence-corrected chi connectivity index (χ1v) is 6.17. The van der Waals surface area contributed by atoms with E-state index >= 15 is 0 Å². The monoisotopic (exact) mass is 210 g/mol. The zero-order valence-corrected chi connectivity index (χ0v) is 10.3. The van der Waals surface area contributed by atoms with E-state index in [1.807, 2.05) is 0 Å². The second kappa shape index (κ2) is 6.26. The second-order valence-corrected chi connectivity index (χ2v) is 4.93. The third kappa shape index (κ3) is 3.60. The molecule has 0 aliphatic carbocycles. The topological polar surface area (TPSA) is 20.3 Å². The fourth-order valence-electron chi connectivity index (χ4n) is 2.65. The number of rotatable bonds is 5. The van der Waals surface area contributed by atoms with Gasteiger partial charge >= 0.3 is 0 Å². The predicted octanol–water partition coefficient (Wildman–Crippen LogP) is 2.82. The average Bonchev–Trinajstić information content (AvgIpc) is 2.20. The lowest BCUT2D eigenvalue weighted by molar-refractivity contribution is -0.109. The van der Waals surface area contributed by atoms with Crippen LogP contribution in [-0.2, 0) is 4.79 Å². The van der Waals surface area contributed by atoms with Crippen molar-refractivity contribution in [3.8, 4) is 0 Å². The molecule has 2 unspecified atom stereocenters. The van der Waals surface area contributed by atoms with Gasteiger partial charge in [-0.15, -0.1) is 0 Å². The number of carbonyl (C=O) groups is 1. The molecule has 0 aromatic rings. The Morgan fingerprint density at radius 2 is 2.00 bits per heavy atom. The van der Waals surface area contributed by atoms with Crippen LogP contribution in [0.15, 0.2) is 0 Å². The van der Waals surface area contributed by atoms with Crippen LogP contribution in [0.5, 0.6) is 0 Å². The molecule has 0 N–H and O–H groups in total. The summed E-state index contributed by atoms with van der Waals surface area (Å²) in [6.07, 6.45) is 6.80. The van der Waals surface area contributed by atoms with E-state index in [2.05, 4.69) is 25.7 Å². The summed E-state index contributed by atoms with van der Waals surface area (Å²) >= 11 is 0. The van der Waals surface area contributed by atoms with Gasteiger partial charge in [0.05, 0.1) is 0 Å². The molecule has 0 amide bonds. The molecule has 0 aromatic heterocycles. The van der Waals surface area contributed by atoms with Gasteiger partial charge in [0, 0.05) is 25.0 Å². The van der Waals surface area contributed by atoms with Gasteiger partial charge in [-0.2, -0.15) is 0 Å². The molecule has 1 radical (unpaired) electrons. The van der Waals surface area contributed by atoms with Crippen LogP contribution in [0.1, 0.15) is 52.9 Å². The van der Waals surface area contributed by atoms with Crippen LogP contribution in [-0.4, -0.2) is 29.8 Å². The Kier molecular flexibility index (Phi) is 5.30. The summed E-state index contributed by atoms with van der Waals surface area (Å²) in [6, 6.07) is 1.19. The summed E-state index contributed by atoms with van der Waals surface area (Å²) in [5.74, 6) is 1.45. The van der Waals surface area contributed by atoms with Crippen molar-refractivity contribution in [1.82, 2.24) is 4.90 Å². The van der Waals surface area contributed by atoms with Gasteiger partial charge < -0.3 is 4.79 Å². The maximum Gasteiger partial charge on any atom is 0.121 e. The third-order valence-corrected chi connectivity index (χ3v) is 3.35. The van der Waals surface area contributed by atoms with Crippen molar-refractivity contribution in [3.63, 3.8) is 0 Å². The van der Waals surface area contributed by atoms with Crippen molar-refractivity contribution in [2.24, 2.45) is 0 Å². The zero-order chi connectivity index (χ0) is 11.3. The normalized spacial score (nSPS) is 28.3. The molecule has 0 saturated carbocycles. The van der Waals surface area contributed by atoms with Crippen molar-refractivity contribution < 1.29 is 4.79 Å². The number of piperidine rings is 1. The first-order valence-electron chi connectivity index (χ1n) is 6.17. The van der Waals surface area contributed by atoms with E-state index in [1.54, 1.807) is 0 Å². The van der Waals surface area contributed by atoms with Gasteiger partial charge in [-0.3, -0.25) is 4.90 Å². The minimum absolute atomic E-state index is 0.496. The minimum atomic E-state index is 0.496. The molecule has 1 rings (SSSR count). The van der Waals surface area contributed by atoms with Crippen molar-refractivity contribution in [3.05, 3.63) is 5.92 Å². The van der Waals surface area contributed by atoms with Crippen molar-refractivity contribution in [2.75, 3.05) is 6.54 Å². The highest BCUT2D eigenvalue weighted by atomic mass is 16.1. The van der Waals surface area contributed by atoms with Gasteiger partial charge in [-0.05, 0) is 25.2 Å². The van der Waals surface area contributed by atoms with Crippen LogP contribution in [0.2, 0.25) is 0 Å². The molecule has 0 aromatic carbocycles. The molecule has 2 atom stereocenters. The molecule has 1 heterocycles. The molecular formula is C13H24NO. The van der Waals surface area contributed by atoms with E-state index in [0.29, 0.717) is 18.5 Å². The fraction of sp³-hybridized carbons (Fsp3) is 0.846. The molecule has 1 fully saturated rings. The Bertz CT molecular complexity index is 191. The number of nitrogens with zero attached hydrogens (tertiary/aromatic N) is 1. The molecule has 1 aliphatic heterocycles. The Labute approximate surface area is 94.0 Å². The molecule has 2 nitrogen and oxygen atoms in total. The SMILES string of the molecule is CCC1CCCC(CC=O)N1C[C](C)C. The highest BCUT2D eigenvalue weighted by Crippen LogP contribution is 2.27. The van der Waals surface area contributed by atoms with E-state index in [4.69, 9.17) is 0 Å². The summed E-state index contributed by atoms with van der Waals surface area (Å²) in [7, 11) is 0. The van der Waals surface area contributed by atoms with E-state index < -0.39 is 0 Å². The number of aldehydes is 1. The molecular weight excluding hydrogens is 186 g/mol. The summed E-state index contributed by atoms with van der Waals surface area (Å²) in [5, 5.41) is 0. The van der Waals surface area contributed by atoms with Gasteiger partial charge in [-0.1, -0.05) is 27.2 Å². The van der Waals surface area contributed by atoms with E-state index in [0.717, 1.165) is 12.8 Å². The standard InChI is InChI=1S/C13H24NO/c1-4-12-6-5-7-13(8-9-15)14(12)10-11(2)3/h9,12-13H,4-8,10H2,1-3H3. The molecule has 2 heteroatoms. The van der Waals surface area contributed by atoms with E-state index in [-0.39, 0.29) is 0 Å². The Morgan fingerprint density at radius 3 is 2.53 bits per heavy atom. The molecule has 0 bridgehead atoms. The van der Waals surface area contributed by atoms with Crippen LogP contribution >= 0.6 is 0 Å². The van der Waals surface area contributed by atoms with Crippen LogP contribution in [0, 0.1) is 5.92 Å². The van der Waals surface area contributed by atoms with Crippen LogP contribution < -0.4 is 0 Å². The van der Waals surface area contributed by atoms with Crippen molar-refractivity contribution in [2.45, 2.75) is 65.0 Å². The Balaban J connectivity index is 2.62. The van der Waals surface area contributed by atoms with Crippen molar-refractivity contribution >= 4 is 6.29 Å². The van der Waals surface area contributed by atoms with Crippen molar-refractivity contribution in [1.29, 1.82) is 0 Å². The summed E-state index contributed by atoms with van der Waals surface area (Å²) in [5.41, 5.74) is 0. The lowest BCUT2D eigenvalue weighted by Gasteiger charge is -2.42. The quantitative estimate of drug-likeness (QED) is 0.650. The summed E-state index contributed by atoms with van der Waals surface area (Å²) in [4.78, 5) is 13.2. The molecule has 1 saturated heterocycles. The van der Waals surface area contributed by atoms with Crippen LogP contribution in [0.4, 0.5) is 0 Å². The van der Waals surface area contributed by atoms with Gasteiger partial charge in [0.2, 0.25) is 0 Å². The van der Waals surface area contributed by atoms with Gasteiger partial charge in [-0.25, -0.2) is 0 Å². The largest absolute Gasteiger partial charge is 0.303 e. The second-order valence-electron chi connectivity index (χ2n) is 4.93. The highest BCUT2D eigenvalue weighted by Gasteiger charge is 2.29. The number of carbonyl (C=O) groups excluding carboxylic acids is 1. The lowest BCUT2D eigenvalue weighted by Crippen LogP contribution is -2.47. The zero-order valence-electron chi connectivity index (χ0n) is 10.3. The summed E-state index contributed by atoms with van der Waals surface area (Å²) < 4.78 is 0. The lowest BCUT2D eigenvalue weighted by atomic mass is 9.91. The molecule has 0 spiro atoms. The number of hydrogen-bond donors (Lipinski definition) is 0. The molecule has 15 heavy (non-hydrogen) atoms. The van der Waals surface area contributed by atoms with E-state index in [9.17, 15) is 4.79 Å². The summed E-state index contributed by atoms with van der Waals surface area (Å²) in [6.45, 7) is 7.68. The van der Waals surface area contributed by atoms with Gasteiger partial charge in [0.15, 0.2) is 0 Å². The van der Waals surface area contributed by atoms with E-state index in [1.165, 1.54) is 31.6 Å². The smallest absolute Gasteiger partial charge is 0.121 e. The first-order chi connectivity index (χ1) is 7.19. The highest BCUT2D eigenvalue weighted by molar-refractivity contribution is 5.50. The van der Waals surface area contributed by atoms with Gasteiger partial charge in [0.1, 0.15) is 6.29 Å². The number of likely N-dealkylation sites (tertiary alicyclic amines) is 1. The maximum absolute atomic E-state index is 10.7. The van der Waals surface area contributed by atoms with Crippen LogP contribution in [0.3, 0.4) is 0 Å². The fourth-order valence-corrected chi connectivity index (χ4v) is 2.65. The first kappa shape index (κ1) is 12.7. The van der Waals surface area contributed by atoms with Gasteiger partial charge in [0.25, 0.3) is 0 Å². The Morgan fingerprint density at radius 1 is 1.33 bits per heavy atom. The third-order valence-electron chi connectivity index (χ3n) is 3.35. The predicted molar refractivity (Wildman–Crippen MR) is 63.7 cm³/mol. The molecule has 87 valence electrons.